The Balaban J connectivity index is 1.54. The van der Waals surface area contributed by atoms with Gasteiger partial charge in [-0.1, -0.05) is 47.6 Å². The number of benzene rings is 2. The standard InChI is InChI=1S/C27H25FN2O5S/c1-4-33-24(31)13-18-9-5-6-11-20(18)27-29-23(15-36-27)26-21(16(2)30-35-26)14-25(32)34-17(3)19-10-7-8-12-22(19)28/h5-12,15,17H,4,13-14H2,1-3H3/t17-/m1/s1. The first-order valence-electron chi connectivity index (χ1n) is 11.5. The molecule has 0 radical (unpaired) electrons. The van der Waals surface area contributed by atoms with Crippen molar-refractivity contribution >= 4 is 23.3 Å². The number of hydrogen-bond acceptors (Lipinski definition) is 8. The summed E-state index contributed by atoms with van der Waals surface area (Å²) in [4.78, 5) is 29.4. The molecule has 4 rings (SSSR count). The van der Waals surface area contributed by atoms with Gasteiger partial charge < -0.3 is 14.0 Å². The molecule has 7 nitrogen and oxygen atoms in total. The average Bonchev–Trinajstić information content (AvgIpc) is 3.47. The molecule has 0 unspecified atom stereocenters. The molecule has 0 fully saturated rings. The van der Waals surface area contributed by atoms with Crippen LogP contribution in [0.1, 0.15) is 42.3 Å². The van der Waals surface area contributed by atoms with Crippen LogP contribution < -0.4 is 0 Å². The topological polar surface area (TPSA) is 91.5 Å². The van der Waals surface area contributed by atoms with E-state index in [1.165, 1.54) is 17.4 Å². The van der Waals surface area contributed by atoms with Crippen molar-refractivity contribution in [1.82, 2.24) is 10.1 Å². The van der Waals surface area contributed by atoms with Crippen LogP contribution in [0.5, 0.6) is 0 Å². The number of nitrogens with zero attached hydrogens (tertiary/aromatic N) is 2. The summed E-state index contributed by atoms with van der Waals surface area (Å²) in [6.45, 7) is 5.44. The highest BCUT2D eigenvalue weighted by atomic mass is 32.1. The average molecular weight is 509 g/mol. The second-order valence-electron chi connectivity index (χ2n) is 8.08. The van der Waals surface area contributed by atoms with E-state index in [-0.39, 0.29) is 18.8 Å². The van der Waals surface area contributed by atoms with Gasteiger partial charge in [0.1, 0.15) is 22.6 Å². The molecule has 0 saturated heterocycles. The Bertz CT molecular complexity index is 1380. The van der Waals surface area contributed by atoms with Crippen molar-refractivity contribution < 1.29 is 28.0 Å². The lowest BCUT2D eigenvalue weighted by molar-refractivity contribution is -0.148. The largest absolute Gasteiger partial charge is 0.466 e. The summed E-state index contributed by atoms with van der Waals surface area (Å²) in [7, 11) is 0. The third kappa shape index (κ3) is 5.68. The van der Waals surface area contributed by atoms with E-state index >= 15 is 0 Å². The van der Waals surface area contributed by atoms with E-state index in [0.717, 1.165) is 11.1 Å². The summed E-state index contributed by atoms with van der Waals surface area (Å²) in [5, 5.41) is 6.53. The summed E-state index contributed by atoms with van der Waals surface area (Å²) in [6, 6.07) is 13.7. The van der Waals surface area contributed by atoms with Crippen molar-refractivity contribution in [3.05, 3.63) is 82.1 Å². The molecule has 0 N–H and O–H groups in total. The molecule has 2 aromatic carbocycles. The van der Waals surface area contributed by atoms with Crippen molar-refractivity contribution in [1.29, 1.82) is 0 Å². The van der Waals surface area contributed by atoms with Crippen LogP contribution in [0.3, 0.4) is 0 Å². The smallest absolute Gasteiger partial charge is 0.311 e. The molecule has 9 heteroatoms. The molecule has 2 aromatic heterocycles. The Kier molecular flexibility index (Phi) is 7.90. The highest BCUT2D eigenvalue weighted by Crippen LogP contribution is 2.34. The minimum atomic E-state index is -0.746. The van der Waals surface area contributed by atoms with Crippen molar-refractivity contribution in [3.8, 4) is 22.0 Å². The van der Waals surface area contributed by atoms with Crippen LogP contribution in [0.4, 0.5) is 4.39 Å². The number of carbonyl (C=O) groups is 2. The molecule has 0 aliphatic rings. The number of aryl methyl sites for hydroxylation is 1. The summed E-state index contributed by atoms with van der Waals surface area (Å²) in [5.74, 6) is -0.905. The molecule has 186 valence electrons. The van der Waals surface area contributed by atoms with Crippen LogP contribution in [-0.4, -0.2) is 28.7 Å². The van der Waals surface area contributed by atoms with Gasteiger partial charge in [-0.3, -0.25) is 9.59 Å². The van der Waals surface area contributed by atoms with Crippen LogP contribution in [0.25, 0.3) is 22.0 Å². The number of thiazole rings is 1. The fourth-order valence-electron chi connectivity index (χ4n) is 3.80. The minimum Gasteiger partial charge on any atom is -0.466 e. The fourth-order valence-corrected chi connectivity index (χ4v) is 4.66. The van der Waals surface area contributed by atoms with E-state index in [2.05, 4.69) is 5.16 Å². The molecule has 0 saturated carbocycles. The van der Waals surface area contributed by atoms with Crippen molar-refractivity contribution in [3.63, 3.8) is 0 Å². The van der Waals surface area contributed by atoms with Crippen LogP contribution in [0.2, 0.25) is 0 Å². The van der Waals surface area contributed by atoms with Gasteiger partial charge in [0.2, 0.25) is 0 Å². The monoisotopic (exact) mass is 508 g/mol. The first-order valence-corrected chi connectivity index (χ1v) is 12.3. The maximum atomic E-state index is 14.0. The van der Waals surface area contributed by atoms with Crippen molar-refractivity contribution in [2.24, 2.45) is 0 Å². The number of hydrogen-bond donors (Lipinski definition) is 0. The van der Waals surface area contributed by atoms with Crippen molar-refractivity contribution in [2.45, 2.75) is 39.7 Å². The predicted molar refractivity (Wildman–Crippen MR) is 133 cm³/mol. The molecule has 0 amide bonds. The molecule has 0 aliphatic heterocycles. The van der Waals surface area contributed by atoms with Gasteiger partial charge in [0, 0.05) is 22.1 Å². The second kappa shape index (κ2) is 11.3. The molecule has 0 aliphatic carbocycles. The van der Waals surface area contributed by atoms with Gasteiger partial charge in [0.25, 0.3) is 0 Å². The van der Waals surface area contributed by atoms with E-state index < -0.39 is 17.9 Å². The maximum Gasteiger partial charge on any atom is 0.311 e. The number of aromatic nitrogens is 2. The van der Waals surface area contributed by atoms with Gasteiger partial charge in [0.15, 0.2) is 5.76 Å². The Morgan fingerprint density at radius 3 is 2.61 bits per heavy atom. The van der Waals surface area contributed by atoms with E-state index in [1.807, 2.05) is 29.6 Å². The molecular formula is C27H25FN2O5S. The molecule has 2 heterocycles. The van der Waals surface area contributed by atoms with Crippen LogP contribution >= 0.6 is 11.3 Å². The van der Waals surface area contributed by atoms with Gasteiger partial charge in [-0.05, 0) is 32.4 Å². The SMILES string of the molecule is CCOC(=O)Cc1ccccc1-c1nc(-c2onc(C)c2CC(=O)O[C@H](C)c2ccccc2F)cs1. The first kappa shape index (κ1) is 25.2. The van der Waals surface area contributed by atoms with Crippen LogP contribution in [0, 0.1) is 12.7 Å². The van der Waals surface area contributed by atoms with Gasteiger partial charge >= 0.3 is 11.9 Å². The highest BCUT2D eigenvalue weighted by molar-refractivity contribution is 7.13. The van der Waals surface area contributed by atoms with E-state index in [0.29, 0.717) is 39.9 Å². The lowest BCUT2D eigenvalue weighted by Gasteiger charge is -2.14. The van der Waals surface area contributed by atoms with Crippen LogP contribution in [0.15, 0.2) is 58.4 Å². The van der Waals surface area contributed by atoms with E-state index in [4.69, 9.17) is 19.0 Å². The zero-order chi connectivity index (χ0) is 25.7. The molecule has 36 heavy (non-hydrogen) atoms. The molecular weight excluding hydrogens is 483 g/mol. The number of halogens is 1. The third-order valence-corrected chi connectivity index (χ3v) is 6.46. The molecule has 1 atom stereocenters. The van der Waals surface area contributed by atoms with E-state index in [1.54, 1.807) is 39.0 Å². The van der Waals surface area contributed by atoms with Crippen LogP contribution in [-0.2, 0) is 31.9 Å². The number of carbonyl (C=O) groups excluding carboxylic acids is 2. The molecule has 0 spiro atoms. The number of ether oxygens (including phenoxy) is 2. The Labute approximate surface area is 211 Å². The summed E-state index contributed by atoms with van der Waals surface area (Å²) < 4.78 is 30.1. The zero-order valence-electron chi connectivity index (χ0n) is 20.1. The minimum absolute atomic E-state index is 0.101. The lowest BCUT2D eigenvalue weighted by atomic mass is 10.1. The summed E-state index contributed by atoms with van der Waals surface area (Å²) in [6.07, 6.45) is -0.711. The molecule has 4 aromatic rings. The zero-order valence-corrected chi connectivity index (χ0v) is 20.9. The quantitative estimate of drug-likeness (QED) is 0.261. The van der Waals surface area contributed by atoms with Gasteiger partial charge in [-0.25, -0.2) is 9.37 Å². The number of rotatable bonds is 9. The predicted octanol–water partition coefficient (Wildman–Crippen LogP) is 5.87. The summed E-state index contributed by atoms with van der Waals surface area (Å²) >= 11 is 1.39. The number of esters is 2. The lowest BCUT2D eigenvalue weighted by Crippen LogP contribution is -2.13. The summed E-state index contributed by atoms with van der Waals surface area (Å²) in [5.41, 5.74) is 3.54. The van der Waals surface area contributed by atoms with Gasteiger partial charge in [-0.15, -0.1) is 11.3 Å². The first-order chi connectivity index (χ1) is 17.4. The third-order valence-electron chi connectivity index (χ3n) is 5.58. The van der Waals surface area contributed by atoms with E-state index in [9.17, 15) is 14.0 Å². The Morgan fingerprint density at radius 1 is 1.08 bits per heavy atom. The van der Waals surface area contributed by atoms with Gasteiger partial charge in [0.05, 0.1) is 25.1 Å². The van der Waals surface area contributed by atoms with Crippen molar-refractivity contribution in [2.75, 3.05) is 6.61 Å². The highest BCUT2D eigenvalue weighted by Gasteiger charge is 2.23. The normalized spacial score (nSPS) is 11.8. The Morgan fingerprint density at radius 2 is 1.83 bits per heavy atom. The maximum absolute atomic E-state index is 14.0. The Hall–Kier alpha value is -3.85. The molecule has 0 bridgehead atoms. The van der Waals surface area contributed by atoms with Gasteiger partial charge in [-0.2, -0.15) is 0 Å². The second-order valence-corrected chi connectivity index (χ2v) is 8.94. The fraction of sp³-hybridized carbons (Fsp3) is 0.259.